The van der Waals surface area contributed by atoms with E-state index in [9.17, 15) is 19.2 Å². The molecule has 0 aliphatic heterocycles. The van der Waals surface area contributed by atoms with Crippen LogP contribution in [0.3, 0.4) is 0 Å². The van der Waals surface area contributed by atoms with Crippen LogP contribution in [0.2, 0.25) is 0 Å². The maximum Gasteiger partial charge on any atom is 0.338 e. The van der Waals surface area contributed by atoms with Crippen LogP contribution in [0.4, 0.5) is 11.4 Å². The summed E-state index contributed by atoms with van der Waals surface area (Å²) in [5.41, 5.74) is 1.33. The normalized spacial score (nSPS) is 10.4. The number of ether oxygens (including phenoxy) is 4. The lowest BCUT2D eigenvalue weighted by atomic mass is 10.2. The number of hydrogen-bond donors (Lipinski definition) is 2. The van der Waals surface area contributed by atoms with Crippen LogP contribution in [0.25, 0.3) is 0 Å². The Labute approximate surface area is 232 Å². The van der Waals surface area contributed by atoms with Crippen LogP contribution in [0.1, 0.15) is 37.0 Å². The molecule has 10 heteroatoms. The number of esters is 2. The predicted molar refractivity (Wildman–Crippen MR) is 149 cm³/mol. The summed E-state index contributed by atoms with van der Waals surface area (Å²) < 4.78 is 21.0. The summed E-state index contributed by atoms with van der Waals surface area (Å²) in [5.74, 6) is 0.122. The Hall–Kier alpha value is -4.86. The van der Waals surface area contributed by atoms with Gasteiger partial charge in [0.05, 0.1) is 25.7 Å². The Morgan fingerprint density at radius 1 is 0.675 bits per heavy atom. The molecule has 3 rings (SSSR count). The van der Waals surface area contributed by atoms with E-state index in [2.05, 4.69) is 10.6 Å². The first-order chi connectivity index (χ1) is 19.2. The molecule has 0 radical (unpaired) electrons. The summed E-state index contributed by atoms with van der Waals surface area (Å²) in [5, 5.41) is 5.27. The Morgan fingerprint density at radius 3 is 1.77 bits per heavy atom. The highest BCUT2D eigenvalue weighted by atomic mass is 16.5. The van der Waals surface area contributed by atoms with Crippen LogP contribution in [0, 0.1) is 5.92 Å². The predicted octanol–water partition coefficient (Wildman–Crippen LogP) is 5.20. The van der Waals surface area contributed by atoms with Crippen LogP contribution in [-0.2, 0) is 23.9 Å². The van der Waals surface area contributed by atoms with E-state index < -0.39 is 24.5 Å². The van der Waals surface area contributed by atoms with Crippen LogP contribution in [0.5, 0.6) is 17.2 Å². The molecule has 0 bridgehead atoms. The van der Waals surface area contributed by atoms with Crippen molar-refractivity contribution >= 4 is 35.1 Å². The number of hydrogen-bond acceptors (Lipinski definition) is 8. The largest absolute Gasteiger partial charge is 0.497 e. The fourth-order valence-electron chi connectivity index (χ4n) is 3.26. The third-order valence-corrected chi connectivity index (χ3v) is 5.31. The summed E-state index contributed by atoms with van der Waals surface area (Å²) in [6.45, 7) is 3.69. The summed E-state index contributed by atoms with van der Waals surface area (Å²) in [7, 11) is 1.59. The maximum absolute atomic E-state index is 12.2. The van der Waals surface area contributed by atoms with E-state index in [1.807, 2.05) is 13.8 Å². The van der Waals surface area contributed by atoms with Crippen LogP contribution in [-0.4, -0.2) is 44.1 Å². The minimum absolute atomic E-state index is 0.112. The van der Waals surface area contributed by atoms with Crippen molar-refractivity contribution in [3.05, 3.63) is 78.4 Å². The van der Waals surface area contributed by atoms with Gasteiger partial charge in [0.1, 0.15) is 17.2 Å². The van der Waals surface area contributed by atoms with Gasteiger partial charge in [0.25, 0.3) is 5.91 Å². The third kappa shape index (κ3) is 10.1. The Morgan fingerprint density at radius 2 is 1.20 bits per heavy atom. The zero-order valence-corrected chi connectivity index (χ0v) is 22.6. The molecule has 0 aliphatic carbocycles. The average Bonchev–Trinajstić information content (AvgIpc) is 2.95. The van der Waals surface area contributed by atoms with Gasteiger partial charge in [0.2, 0.25) is 5.91 Å². The van der Waals surface area contributed by atoms with Crippen molar-refractivity contribution in [3.8, 4) is 17.2 Å². The molecular weight excluding hydrogens is 516 g/mol. The van der Waals surface area contributed by atoms with Gasteiger partial charge in [-0.1, -0.05) is 13.8 Å². The Balaban J connectivity index is 1.34. The van der Waals surface area contributed by atoms with Crippen molar-refractivity contribution in [1.29, 1.82) is 0 Å². The summed E-state index contributed by atoms with van der Waals surface area (Å²) in [4.78, 5) is 48.2. The molecule has 210 valence electrons. The lowest BCUT2D eigenvalue weighted by Gasteiger charge is -2.09. The number of carbonyl (C=O) groups is 4. The number of nitrogens with one attached hydrogen (secondary N) is 2. The molecule has 0 spiro atoms. The molecule has 0 unspecified atom stereocenters. The second-order valence-electron chi connectivity index (χ2n) is 9.13. The highest BCUT2D eigenvalue weighted by molar-refractivity contribution is 5.95. The molecule has 0 saturated carbocycles. The molecule has 3 aromatic carbocycles. The first kappa shape index (κ1) is 29.7. The second-order valence-corrected chi connectivity index (χ2v) is 9.13. The van der Waals surface area contributed by atoms with Gasteiger partial charge >= 0.3 is 11.9 Å². The quantitative estimate of drug-likeness (QED) is 0.279. The minimum Gasteiger partial charge on any atom is -0.497 e. The molecule has 40 heavy (non-hydrogen) atoms. The molecular formula is C30H32N2O8. The number of anilines is 2. The van der Waals surface area contributed by atoms with Crippen molar-refractivity contribution in [2.24, 2.45) is 5.92 Å². The van der Waals surface area contributed by atoms with E-state index in [4.69, 9.17) is 18.9 Å². The fraction of sp³-hybridized carbons (Fsp3) is 0.267. The summed E-state index contributed by atoms with van der Waals surface area (Å²) in [6.07, 6.45) is -0.302. The molecule has 3 aromatic rings. The maximum atomic E-state index is 12.2. The van der Waals surface area contributed by atoms with Gasteiger partial charge in [-0.2, -0.15) is 0 Å². The molecule has 0 aliphatic rings. The Kier molecular flexibility index (Phi) is 11.1. The van der Waals surface area contributed by atoms with Crippen molar-refractivity contribution in [2.45, 2.75) is 26.7 Å². The van der Waals surface area contributed by atoms with Crippen LogP contribution in [0.15, 0.2) is 72.8 Å². The molecule has 0 atom stereocenters. The van der Waals surface area contributed by atoms with Gasteiger partial charge in [-0.05, 0) is 78.7 Å². The monoisotopic (exact) mass is 548 g/mol. The molecule has 2 N–H and O–H groups in total. The van der Waals surface area contributed by atoms with Crippen LogP contribution < -0.4 is 20.1 Å². The van der Waals surface area contributed by atoms with Crippen molar-refractivity contribution < 1.29 is 38.1 Å². The van der Waals surface area contributed by atoms with E-state index in [1.54, 1.807) is 67.8 Å². The number of carbonyl (C=O) groups excluding carboxylic acids is 4. The SMILES string of the molecule is COc1ccc(Oc2ccc(NC(=O)CCC(=O)OCC(=O)Nc3ccc(C(=O)OCC(C)C)cc3)cc2)cc1. The Bertz CT molecular complexity index is 1290. The number of amides is 2. The first-order valence-electron chi connectivity index (χ1n) is 12.7. The highest BCUT2D eigenvalue weighted by Gasteiger charge is 2.12. The highest BCUT2D eigenvalue weighted by Crippen LogP contribution is 2.25. The number of methoxy groups -OCH3 is 1. The van der Waals surface area contributed by atoms with E-state index in [1.165, 1.54) is 12.1 Å². The standard InChI is InChI=1S/C30H32N2O8/c1-20(2)18-39-30(36)21-4-6-22(7-5-21)32-28(34)19-38-29(35)17-16-27(33)31-23-8-10-25(11-9-23)40-26-14-12-24(37-3)13-15-26/h4-15,20H,16-19H2,1-3H3,(H,31,33)(H,32,34). The summed E-state index contributed by atoms with van der Waals surface area (Å²) in [6, 6.07) is 20.1. The van der Waals surface area contributed by atoms with E-state index in [0.717, 1.165) is 5.75 Å². The van der Waals surface area contributed by atoms with E-state index >= 15 is 0 Å². The number of rotatable bonds is 13. The zero-order valence-electron chi connectivity index (χ0n) is 22.6. The van der Waals surface area contributed by atoms with Gasteiger partial charge in [-0.25, -0.2) is 4.79 Å². The van der Waals surface area contributed by atoms with Gasteiger partial charge in [-0.15, -0.1) is 0 Å². The van der Waals surface area contributed by atoms with E-state index in [0.29, 0.717) is 35.0 Å². The molecule has 0 fully saturated rings. The van der Waals surface area contributed by atoms with Crippen molar-refractivity contribution in [2.75, 3.05) is 31.0 Å². The number of benzene rings is 3. The van der Waals surface area contributed by atoms with Gasteiger partial charge < -0.3 is 29.6 Å². The molecule has 0 saturated heterocycles. The van der Waals surface area contributed by atoms with E-state index in [-0.39, 0.29) is 24.7 Å². The summed E-state index contributed by atoms with van der Waals surface area (Å²) >= 11 is 0. The lowest BCUT2D eigenvalue weighted by Crippen LogP contribution is -2.21. The molecule has 2 amide bonds. The lowest BCUT2D eigenvalue weighted by molar-refractivity contribution is -0.147. The smallest absolute Gasteiger partial charge is 0.338 e. The van der Waals surface area contributed by atoms with Gasteiger partial charge in [0, 0.05) is 17.8 Å². The molecule has 0 aromatic heterocycles. The topological polar surface area (TPSA) is 129 Å². The fourth-order valence-corrected chi connectivity index (χ4v) is 3.26. The van der Waals surface area contributed by atoms with Crippen LogP contribution >= 0.6 is 0 Å². The molecule has 0 heterocycles. The molecule has 10 nitrogen and oxygen atoms in total. The third-order valence-electron chi connectivity index (χ3n) is 5.31. The second kappa shape index (κ2) is 14.9. The first-order valence-corrected chi connectivity index (χ1v) is 12.7. The van der Waals surface area contributed by atoms with Gasteiger partial charge in [-0.3, -0.25) is 14.4 Å². The van der Waals surface area contributed by atoms with Crippen molar-refractivity contribution in [3.63, 3.8) is 0 Å². The minimum atomic E-state index is -0.684. The van der Waals surface area contributed by atoms with Crippen molar-refractivity contribution in [1.82, 2.24) is 0 Å². The zero-order chi connectivity index (χ0) is 28.9. The average molecular weight is 549 g/mol. The van der Waals surface area contributed by atoms with Gasteiger partial charge in [0.15, 0.2) is 6.61 Å².